The minimum atomic E-state index is -0.780. The monoisotopic (exact) mass is 406 g/mol. The Hall–Kier alpha value is -2.36. The number of hydrogen-bond donors (Lipinski definition) is 1. The van der Waals surface area contributed by atoms with Crippen LogP contribution in [0.1, 0.15) is 45.6 Å². The molecule has 0 saturated heterocycles. The number of dihydropyridines is 1. The van der Waals surface area contributed by atoms with Gasteiger partial charge in [-0.2, -0.15) is 0 Å². The molecule has 1 aliphatic heterocycles. The summed E-state index contributed by atoms with van der Waals surface area (Å²) in [4.78, 5) is 16.8. The SMILES string of the molecule is [C-]#[N+]C1=C(C)NC(COC)=C(C(=O)OC(C)(C)CC)C1c1ccc(F)cc1Cl. The number of hydrogen-bond acceptors (Lipinski definition) is 4. The first kappa shape index (κ1) is 21.9. The van der Waals surface area contributed by atoms with E-state index < -0.39 is 23.3 Å². The minimum absolute atomic E-state index is 0.120. The molecule has 0 bridgehead atoms. The Morgan fingerprint density at radius 1 is 1.43 bits per heavy atom. The average molecular weight is 407 g/mol. The number of rotatable bonds is 6. The van der Waals surface area contributed by atoms with E-state index >= 15 is 0 Å². The van der Waals surface area contributed by atoms with Crippen LogP contribution in [0.15, 0.2) is 40.9 Å². The van der Waals surface area contributed by atoms with Crippen LogP contribution in [0.3, 0.4) is 0 Å². The van der Waals surface area contributed by atoms with Crippen LogP contribution >= 0.6 is 11.6 Å². The third kappa shape index (κ3) is 4.54. The minimum Gasteiger partial charge on any atom is -0.456 e. The molecule has 28 heavy (non-hydrogen) atoms. The van der Waals surface area contributed by atoms with E-state index in [9.17, 15) is 9.18 Å². The lowest BCUT2D eigenvalue weighted by atomic mass is 9.83. The fourth-order valence-electron chi connectivity index (χ4n) is 2.95. The van der Waals surface area contributed by atoms with Crippen LogP contribution in [0.4, 0.5) is 4.39 Å². The van der Waals surface area contributed by atoms with Crippen molar-refractivity contribution in [2.75, 3.05) is 13.7 Å². The van der Waals surface area contributed by atoms with Gasteiger partial charge in [-0.05, 0) is 44.9 Å². The summed E-state index contributed by atoms with van der Waals surface area (Å²) in [7, 11) is 1.51. The molecule has 0 aromatic heterocycles. The van der Waals surface area contributed by atoms with Crippen LogP contribution in [-0.4, -0.2) is 25.3 Å². The van der Waals surface area contributed by atoms with Crippen molar-refractivity contribution in [1.82, 2.24) is 5.32 Å². The number of esters is 1. The number of nitrogens with zero attached hydrogens (tertiary/aromatic N) is 1. The number of benzene rings is 1. The Kier molecular flexibility index (Phi) is 6.87. The van der Waals surface area contributed by atoms with Gasteiger partial charge in [-0.3, -0.25) is 0 Å². The molecule has 150 valence electrons. The first-order chi connectivity index (χ1) is 13.1. The molecule has 1 aromatic rings. The second-order valence-electron chi connectivity index (χ2n) is 7.17. The summed E-state index contributed by atoms with van der Waals surface area (Å²) in [5.74, 6) is -1.84. The summed E-state index contributed by atoms with van der Waals surface area (Å²) in [6.07, 6.45) is 0.617. The van der Waals surface area contributed by atoms with Crippen molar-refractivity contribution in [3.8, 4) is 0 Å². The lowest BCUT2D eigenvalue weighted by molar-refractivity contribution is -0.152. The Balaban J connectivity index is 2.69. The maximum atomic E-state index is 13.6. The van der Waals surface area contributed by atoms with Gasteiger partial charge >= 0.3 is 5.97 Å². The zero-order valence-corrected chi connectivity index (χ0v) is 17.4. The number of halogens is 2. The second kappa shape index (κ2) is 8.76. The highest BCUT2D eigenvalue weighted by molar-refractivity contribution is 6.31. The van der Waals surface area contributed by atoms with Gasteiger partial charge in [-0.25, -0.2) is 14.0 Å². The van der Waals surface area contributed by atoms with Crippen molar-refractivity contribution >= 4 is 17.6 Å². The highest BCUT2D eigenvalue weighted by Gasteiger charge is 2.38. The van der Waals surface area contributed by atoms with Crippen LogP contribution < -0.4 is 5.32 Å². The van der Waals surface area contributed by atoms with Gasteiger partial charge in [0.05, 0.1) is 30.4 Å². The van der Waals surface area contributed by atoms with Gasteiger partial charge in [0.15, 0.2) is 5.70 Å². The maximum Gasteiger partial charge on any atom is 0.336 e. The van der Waals surface area contributed by atoms with E-state index in [-0.39, 0.29) is 17.2 Å². The molecule has 0 amide bonds. The summed E-state index contributed by atoms with van der Waals surface area (Å²) >= 11 is 6.30. The molecule has 1 unspecified atom stereocenters. The second-order valence-corrected chi connectivity index (χ2v) is 7.58. The van der Waals surface area contributed by atoms with E-state index in [2.05, 4.69) is 10.2 Å². The fourth-order valence-corrected chi connectivity index (χ4v) is 3.23. The van der Waals surface area contributed by atoms with Crippen LogP contribution in [0.2, 0.25) is 5.02 Å². The quantitative estimate of drug-likeness (QED) is 0.536. The summed E-state index contributed by atoms with van der Waals surface area (Å²) in [5, 5.41) is 3.22. The highest BCUT2D eigenvalue weighted by Crippen LogP contribution is 2.42. The molecule has 2 rings (SSSR count). The van der Waals surface area contributed by atoms with Gasteiger partial charge in [-0.15, -0.1) is 0 Å². The molecule has 7 heteroatoms. The van der Waals surface area contributed by atoms with Crippen LogP contribution in [0.5, 0.6) is 0 Å². The van der Waals surface area contributed by atoms with Crippen LogP contribution in [0, 0.1) is 12.4 Å². The molecule has 1 N–H and O–H groups in total. The fraction of sp³-hybridized carbons (Fsp3) is 0.429. The van der Waals surface area contributed by atoms with Crippen molar-refractivity contribution in [3.63, 3.8) is 0 Å². The third-order valence-electron chi connectivity index (χ3n) is 4.73. The largest absolute Gasteiger partial charge is 0.456 e. The van der Waals surface area contributed by atoms with Crippen molar-refractivity contribution in [1.29, 1.82) is 0 Å². The number of nitrogens with one attached hydrogen (secondary N) is 1. The molecule has 0 aliphatic carbocycles. The van der Waals surface area contributed by atoms with Crippen molar-refractivity contribution in [3.05, 3.63) is 68.7 Å². The zero-order chi connectivity index (χ0) is 21.1. The smallest absolute Gasteiger partial charge is 0.336 e. The predicted octanol–water partition coefficient (Wildman–Crippen LogP) is 4.95. The molecule has 0 spiro atoms. The standard InChI is InChI=1S/C21H24ClFN2O3/c1-7-21(3,4)28-20(26)18-16(11-27-6)25-12(2)19(24-5)17(18)14-9-8-13(23)10-15(14)22/h8-10,17,25H,7,11H2,1-4,6H3. The van der Waals surface area contributed by atoms with Crippen LogP contribution in [-0.2, 0) is 14.3 Å². The molecule has 1 aromatic carbocycles. The molecule has 1 heterocycles. The third-order valence-corrected chi connectivity index (χ3v) is 5.06. The molecule has 0 fully saturated rings. The van der Waals surface area contributed by atoms with Gasteiger partial charge in [-0.1, -0.05) is 24.6 Å². The van der Waals surface area contributed by atoms with Gasteiger partial charge < -0.3 is 14.8 Å². The lowest BCUT2D eigenvalue weighted by Gasteiger charge is -2.32. The molecule has 1 atom stereocenters. The molecule has 0 radical (unpaired) electrons. The summed E-state index contributed by atoms with van der Waals surface area (Å²) < 4.78 is 24.6. The Morgan fingerprint density at radius 2 is 2.11 bits per heavy atom. The van der Waals surface area contributed by atoms with E-state index in [0.29, 0.717) is 29.1 Å². The van der Waals surface area contributed by atoms with E-state index in [1.54, 1.807) is 6.92 Å². The Morgan fingerprint density at radius 3 is 2.64 bits per heavy atom. The topological polar surface area (TPSA) is 51.9 Å². The average Bonchev–Trinajstić information content (AvgIpc) is 2.61. The number of carbonyl (C=O) groups excluding carboxylic acids is 1. The Bertz CT molecular complexity index is 884. The molecule has 5 nitrogen and oxygen atoms in total. The van der Waals surface area contributed by atoms with Gasteiger partial charge in [0, 0.05) is 17.8 Å². The van der Waals surface area contributed by atoms with E-state index in [1.165, 1.54) is 25.3 Å². The summed E-state index contributed by atoms with van der Waals surface area (Å²) in [6.45, 7) is 15.0. The molecular weight excluding hydrogens is 383 g/mol. The molecule has 0 saturated carbocycles. The zero-order valence-electron chi connectivity index (χ0n) is 16.7. The summed E-state index contributed by atoms with van der Waals surface area (Å²) in [6, 6.07) is 3.93. The van der Waals surface area contributed by atoms with E-state index in [1.807, 2.05) is 20.8 Å². The van der Waals surface area contributed by atoms with Crippen LogP contribution in [0.25, 0.3) is 4.85 Å². The summed E-state index contributed by atoms with van der Waals surface area (Å²) in [5.41, 5.74) is 1.40. The van der Waals surface area contributed by atoms with Gasteiger partial charge in [0.1, 0.15) is 11.4 Å². The van der Waals surface area contributed by atoms with Gasteiger partial charge in [0.25, 0.3) is 0 Å². The Labute approximate surface area is 170 Å². The van der Waals surface area contributed by atoms with E-state index in [0.717, 1.165) is 0 Å². The number of ether oxygens (including phenoxy) is 2. The van der Waals surface area contributed by atoms with Gasteiger partial charge in [0.2, 0.25) is 0 Å². The first-order valence-corrected chi connectivity index (χ1v) is 9.28. The highest BCUT2D eigenvalue weighted by atomic mass is 35.5. The van der Waals surface area contributed by atoms with Crippen molar-refractivity contribution in [2.24, 2.45) is 0 Å². The maximum absolute atomic E-state index is 13.6. The van der Waals surface area contributed by atoms with Crippen molar-refractivity contribution < 1.29 is 18.7 Å². The lowest BCUT2D eigenvalue weighted by Crippen LogP contribution is -2.35. The first-order valence-electron chi connectivity index (χ1n) is 8.90. The van der Waals surface area contributed by atoms with E-state index in [4.69, 9.17) is 27.6 Å². The normalized spacial score (nSPS) is 17.3. The number of carbonyl (C=O) groups is 1. The van der Waals surface area contributed by atoms with Crippen molar-refractivity contribution in [2.45, 2.75) is 45.6 Å². The number of allylic oxidation sites excluding steroid dienone is 2. The predicted molar refractivity (Wildman–Crippen MR) is 106 cm³/mol. The molecule has 1 aliphatic rings. The molecular formula is C21H24ClFN2O3. The number of methoxy groups -OCH3 is 1.